The number of anilines is 1. The van der Waals surface area contributed by atoms with Crippen LogP contribution in [0.3, 0.4) is 0 Å². The van der Waals surface area contributed by atoms with Gasteiger partial charge in [-0.05, 0) is 56.1 Å². The van der Waals surface area contributed by atoms with Crippen molar-refractivity contribution in [2.75, 3.05) is 25.6 Å². The van der Waals surface area contributed by atoms with Crippen molar-refractivity contribution in [3.8, 4) is 0 Å². The van der Waals surface area contributed by atoms with E-state index in [0.717, 1.165) is 11.1 Å². The molecule has 0 unspecified atom stereocenters. The number of epoxide rings is 1. The van der Waals surface area contributed by atoms with Crippen LogP contribution in [-0.2, 0) is 41.6 Å². The summed E-state index contributed by atoms with van der Waals surface area (Å²) in [6.45, 7) is 14.5. The number of hydrogen-bond donors (Lipinski definition) is 4. The Morgan fingerprint density at radius 3 is 2.52 bits per heavy atom. The summed E-state index contributed by atoms with van der Waals surface area (Å²) in [5, 5.41) is 35.3. The molecule has 3 amide bonds. The second-order valence-electron chi connectivity index (χ2n) is 16.6. The highest BCUT2D eigenvalue weighted by atomic mass is 35.5. The van der Waals surface area contributed by atoms with E-state index in [2.05, 4.69) is 33.0 Å². The van der Waals surface area contributed by atoms with E-state index in [-0.39, 0.29) is 41.5 Å². The minimum Gasteiger partial charge on any atom is -0.457 e. The Kier molecular flexibility index (Phi) is 14.8. The lowest BCUT2D eigenvalue weighted by Crippen LogP contribution is -2.62. The van der Waals surface area contributed by atoms with Crippen LogP contribution < -0.4 is 10.2 Å². The Morgan fingerprint density at radius 2 is 1.89 bits per heavy atom. The summed E-state index contributed by atoms with van der Waals surface area (Å²) in [5.74, 6) is -2.88. The number of alkyl carbamates (subject to hydrolysis) is 1. The summed E-state index contributed by atoms with van der Waals surface area (Å²) >= 11 is 8.52. The molecule has 0 spiro atoms. The summed E-state index contributed by atoms with van der Waals surface area (Å²) in [5.41, 5.74) is -0.708. The number of hydrogen-bond acceptors (Lipinski definition) is 11. The number of nitrogens with zero attached hydrogens (tertiary/aromatic N) is 2. The molecular weight excluding hydrogens is 762 g/mol. The Bertz CT molecular complexity index is 1700. The number of halogens is 1. The van der Waals surface area contributed by atoms with E-state index in [1.165, 1.54) is 9.80 Å². The zero-order chi connectivity index (χ0) is 41.9. The average Bonchev–Trinajstić information content (AvgIpc) is 3.82. The minimum absolute atomic E-state index is 0.0923. The number of allylic oxidation sites excluding steroid dienone is 3. The van der Waals surface area contributed by atoms with Gasteiger partial charge in [0.25, 0.3) is 0 Å². The Balaban J connectivity index is 1.70. The lowest BCUT2D eigenvalue weighted by atomic mass is 9.81. The number of esters is 1. The van der Waals surface area contributed by atoms with Crippen LogP contribution in [-0.4, -0.2) is 110 Å². The van der Waals surface area contributed by atoms with Gasteiger partial charge in [0.2, 0.25) is 11.8 Å². The normalized spacial score (nSPS) is 30.7. The van der Waals surface area contributed by atoms with Crippen molar-refractivity contribution in [1.29, 1.82) is 0 Å². The van der Waals surface area contributed by atoms with Crippen molar-refractivity contribution in [2.45, 2.75) is 140 Å². The first kappa shape index (κ1) is 45.6. The number of amides is 3. The molecule has 8 atom stereocenters. The van der Waals surface area contributed by atoms with Gasteiger partial charge in [-0.1, -0.05) is 76.1 Å². The van der Waals surface area contributed by atoms with Crippen molar-refractivity contribution in [3.63, 3.8) is 0 Å². The van der Waals surface area contributed by atoms with Gasteiger partial charge in [0.05, 0.1) is 36.4 Å². The lowest BCUT2D eigenvalue weighted by Gasteiger charge is -2.42. The number of fused-ring (bicyclic) bond motifs is 5. The number of carbonyl (C=O) groups excluding carboxylic acids is 4. The van der Waals surface area contributed by atoms with Crippen LogP contribution in [0.1, 0.15) is 92.2 Å². The molecule has 0 aromatic heterocycles. The van der Waals surface area contributed by atoms with Crippen molar-refractivity contribution in [3.05, 3.63) is 52.1 Å². The molecule has 4 bridgehead atoms. The van der Waals surface area contributed by atoms with Gasteiger partial charge in [0.1, 0.15) is 23.9 Å². The lowest BCUT2D eigenvalue weighted by molar-refractivity contribution is -0.162. The monoisotopic (exact) mass is 821 g/mol. The quantitative estimate of drug-likeness (QED) is 0.178. The topological polar surface area (TPSA) is 178 Å². The highest BCUT2D eigenvalue weighted by molar-refractivity contribution is 8.01. The van der Waals surface area contributed by atoms with Gasteiger partial charge in [-0.25, -0.2) is 9.59 Å². The summed E-state index contributed by atoms with van der Waals surface area (Å²) in [6, 6.07) is 2.52. The Morgan fingerprint density at radius 1 is 1.21 bits per heavy atom. The molecule has 15 heteroatoms. The van der Waals surface area contributed by atoms with Gasteiger partial charge in [-0.3, -0.25) is 14.9 Å². The van der Waals surface area contributed by atoms with E-state index in [9.17, 15) is 34.5 Å². The number of nitrogens with one attached hydrogen (secondary N) is 1. The van der Waals surface area contributed by atoms with Crippen LogP contribution in [0, 0.1) is 11.8 Å². The first-order valence-electron chi connectivity index (χ1n) is 19.2. The first-order valence-corrected chi connectivity index (χ1v) is 20.5. The maximum absolute atomic E-state index is 14.2. The molecule has 3 heterocycles. The summed E-state index contributed by atoms with van der Waals surface area (Å²) < 4.78 is 17.9. The van der Waals surface area contributed by atoms with E-state index >= 15 is 0 Å². The number of benzene rings is 1. The molecule has 3 aliphatic heterocycles. The SMILES string of the molecule is C/C1=C\C=C\[C@@H](CO)[C@@]2(O)C[C@H](OC(=O)N2)[C@@H](C)[C@@H]2O[C@@]2(C)[C@@H](OC(=O)[C@H](C)N(C)C(=O)CCC(C)(C)SC(C)C)CC(=O)N(C)c2cc(cc(CO)c2Cl)C1. The van der Waals surface area contributed by atoms with Crippen LogP contribution in [0.25, 0.3) is 0 Å². The molecule has 0 aliphatic carbocycles. The summed E-state index contributed by atoms with van der Waals surface area (Å²) in [6.07, 6.45) is 2.33. The molecule has 0 radical (unpaired) electrons. The van der Waals surface area contributed by atoms with Crippen LogP contribution in [0.2, 0.25) is 5.02 Å². The zero-order valence-electron chi connectivity index (χ0n) is 34.3. The minimum atomic E-state index is -1.86. The second-order valence-corrected chi connectivity index (χ2v) is 19.2. The van der Waals surface area contributed by atoms with Crippen LogP contribution in [0.15, 0.2) is 35.9 Å². The summed E-state index contributed by atoms with van der Waals surface area (Å²) in [7, 11) is 3.10. The highest BCUT2D eigenvalue weighted by Crippen LogP contribution is 2.49. The third-order valence-electron chi connectivity index (χ3n) is 11.2. The van der Waals surface area contributed by atoms with Gasteiger partial charge < -0.3 is 39.3 Å². The van der Waals surface area contributed by atoms with Crippen molar-refractivity contribution in [2.24, 2.45) is 11.8 Å². The Labute approximate surface area is 340 Å². The average molecular weight is 822 g/mol. The third-order valence-corrected chi connectivity index (χ3v) is 13.0. The van der Waals surface area contributed by atoms with Crippen molar-refractivity contribution < 1.29 is 48.7 Å². The van der Waals surface area contributed by atoms with Crippen molar-refractivity contribution >= 4 is 52.9 Å². The molecule has 1 aromatic rings. The molecule has 3 aliphatic rings. The van der Waals surface area contributed by atoms with Gasteiger partial charge in [-0.2, -0.15) is 11.8 Å². The molecule has 2 saturated heterocycles. The fourth-order valence-corrected chi connectivity index (χ4v) is 9.38. The number of rotatable bonds is 10. The first-order chi connectivity index (χ1) is 26.0. The maximum atomic E-state index is 14.2. The van der Waals surface area contributed by atoms with Gasteiger partial charge in [-0.15, -0.1) is 0 Å². The van der Waals surface area contributed by atoms with E-state index in [4.69, 9.17) is 25.8 Å². The molecule has 4 rings (SSSR count). The molecule has 13 nitrogen and oxygen atoms in total. The number of ether oxygens (including phenoxy) is 3. The molecular formula is C41H60ClN3O10S. The van der Waals surface area contributed by atoms with Gasteiger partial charge in [0, 0.05) is 43.5 Å². The number of aliphatic hydroxyl groups is 3. The second kappa shape index (κ2) is 18.2. The van der Waals surface area contributed by atoms with Crippen LogP contribution >= 0.6 is 23.4 Å². The molecule has 0 saturated carbocycles. The van der Waals surface area contributed by atoms with Gasteiger partial charge >= 0.3 is 12.1 Å². The standard InChI is InChI=1S/C41H60ClN3O10S/c1-23(2)56-39(6,7)15-14-33(48)44(9)26(5)37(50)54-32-19-34(49)45(10)30-18-27(17-28(21-46)35(30)42)16-24(3)12-11-13-29(22-47)41(52)20-31(53-38(51)43-41)25(4)36-40(32,8)55-36/h11-13,17-18,23,25-26,29,31-32,36,46-47,52H,14-16,19-22H2,1-10H3,(H,43,51)/b13-11+,24-12+/t25-,26+,29+,31+,32+,36+,40+,41+/m1/s1. The fourth-order valence-electron chi connectivity index (χ4n) is 7.59. The van der Waals surface area contributed by atoms with Gasteiger partial charge in [0.15, 0.2) is 5.72 Å². The number of aliphatic hydroxyl groups excluding tert-OH is 2. The van der Waals surface area contributed by atoms with Crippen LogP contribution in [0.4, 0.5) is 10.5 Å². The molecule has 1 aromatic carbocycles. The van der Waals surface area contributed by atoms with E-state index in [1.54, 1.807) is 70.9 Å². The Hall–Kier alpha value is -3.14. The third kappa shape index (κ3) is 10.7. The fraction of sp³-hybridized carbons (Fsp3) is 0.659. The largest absolute Gasteiger partial charge is 0.457 e. The van der Waals surface area contributed by atoms with Crippen LogP contribution in [0.5, 0.6) is 0 Å². The van der Waals surface area contributed by atoms with E-state index < -0.39 is 72.1 Å². The molecule has 4 N–H and O–H groups in total. The highest BCUT2D eigenvalue weighted by Gasteiger charge is 2.64. The van der Waals surface area contributed by atoms with E-state index in [1.807, 2.05) is 13.0 Å². The summed E-state index contributed by atoms with van der Waals surface area (Å²) in [4.78, 5) is 57.0. The zero-order valence-corrected chi connectivity index (χ0v) is 35.8. The number of carbonyl (C=O) groups is 4. The predicted molar refractivity (Wildman–Crippen MR) is 216 cm³/mol. The number of thioether (sulfide) groups is 1. The van der Waals surface area contributed by atoms with E-state index in [0.29, 0.717) is 29.3 Å². The predicted octanol–water partition coefficient (Wildman–Crippen LogP) is 5.29. The molecule has 2 fully saturated rings. The molecule has 56 heavy (non-hydrogen) atoms. The smallest absolute Gasteiger partial charge is 0.409 e. The maximum Gasteiger partial charge on any atom is 0.409 e. The van der Waals surface area contributed by atoms with Crippen molar-refractivity contribution in [1.82, 2.24) is 10.2 Å². The molecule has 312 valence electrons. The number of likely N-dealkylation sites (N-methyl/N-ethyl adjacent to an activating group) is 1.